The van der Waals surface area contributed by atoms with Gasteiger partial charge < -0.3 is 10.5 Å². The summed E-state index contributed by atoms with van der Waals surface area (Å²) in [6, 6.07) is 0.190. The molecule has 0 saturated heterocycles. The summed E-state index contributed by atoms with van der Waals surface area (Å²) in [4.78, 5) is 0. The van der Waals surface area contributed by atoms with E-state index in [1.807, 2.05) is 6.08 Å². The fourth-order valence-corrected chi connectivity index (χ4v) is 2.91. The number of unbranched alkanes of at least 4 members (excludes halogenated alkanes) is 1. The van der Waals surface area contributed by atoms with Gasteiger partial charge in [-0.3, -0.25) is 0 Å². The Morgan fingerprint density at radius 2 is 2.12 bits per heavy atom. The minimum Gasteiger partial charge on any atom is -0.374 e. The molecule has 0 aromatic rings. The molecule has 0 heterocycles. The number of nitrogens with two attached hydrogens (primary N) is 1. The van der Waals surface area contributed by atoms with Gasteiger partial charge in [0.15, 0.2) is 0 Å². The Morgan fingerprint density at radius 1 is 1.47 bits per heavy atom. The molecule has 0 bridgehead atoms. The van der Waals surface area contributed by atoms with Gasteiger partial charge in [-0.2, -0.15) is 0 Å². The van der Waals surface area contributed by atoms with Crippen molar-refractivity contribution in [2.45, 2.75) is 70.4 Å². The average Bonchev–Trinajstić information content (AvgIpc) is 2.33. The largest absolute Gasteiger partial charge is 0.374 e. The number of ether oxygens (including phenoxy) is 1. The molecular weight excluding hydrogens is 210 g/mol. The molecule has 1 fully saturated rings. The highest BCUT2D eigenvalue weighted by Gasteiger charge is 2.39. The molecule has 1 saturated carbocycles. The molecule has 100 valence electrons. The topological polar surface area (TPSA) is 35.2 Å². The van der Waals surface area contributed by atoms with E-state index < -0.39 is 0 Å². The standard InChI is InChI=1S/C15H29NO/c1-4-6-7-8-14(16)15(17-5-2)11-9-13(3)10-12-15/h4,13-14H,1,5-12,16H2,2-3H3. The van der Waals surface area contributed by atoms with Crippen molar-refractivity contribution in [1.82, 2.24) is 0 Å². The zero-order valence-electron chi connectivity index (χ0n) is 11.6. The Bertz CT molecular complexity index is 219. The van der Waals surface area contributed by atoms with Crippen LogP contribution in [0.4, 0.5) is 0 Å². The summed E-state index contributed by atoms with van der Waals surface area (Å²) < 4.78 is 6.06. The summed E-state index contributed by atoms with van der Waals surface area (Å²) in [5, 5.41) is 0. The first-order valence-corrected chi connectivity index (χ1v) is 7.15. The highest BCUT2D eigenvalue weighted by Crippen LogP contribution is 2.37. The lowest BCUT2D eigenvalue weighted by Crippen LogP contribution is -2.52. The molecule has 2 N–H and O–H groups in total. The summed E-state index contributed by atoms with van der Waals surface area (Å²) in [6.07, 6.45) is 10.0. The lowest BCUT2D eigenvalue weighted by molar-refractivity contribution is -0.0901. The number of hydrogen-bond acceptors (Lipinski definition) is 2. The number of allylic oxidation sites excluding steroid dienone is 1. The van der Waals surface area contributed by atoms with E-state index in [4.69, 9.17) is 10.5 Å². The third-order valence-electron chi connectivity index (χ3n) is 4.15. The molecule has 2 heteroatoms. The molecule has 1 unspecified atom stereocenters. The van der Waals surface area contributed by atoms with Crippen molar-refractivity contribution in [2.75, 3.05) is 6.61 Å². The van der Waals surface area contributed by atoms with Crippen LogP contribution >= 0.6 is 0 Å². The van der Waals surface area contributed by atoms with E-state index in [1.54, 1.807) is 0 Å². The lowest BCUT2D eigenvalue weighted by Gasteiger charge is -2.43. The second-order valence-electron chi connectivity index (χ2n) is 5.51. The minimum absolute atomic E-state index is 0.0393. The quantitative estimate of drug-likeness (QED) is 0.543. The van der Waals surface area contributed by atoms with Crippen molar-refractivity contribution >= 4 is 0 Å². The van der Waals surface area contributed by atoms with Crippen LogP contribution in [0.25, 0.3) is 0 Å². The molecule has 17 heavy (non-hydrogen) atoms. The predicted octanol–water partition coefficient (Wildman–Crippen LogP) is 3.66. The van der Waals surface area contributed by atoms with E-state index >= 15 is 0 Å². The van der Waals surface area contributed by atoms with Crippen LogP contribution in [0.3, 0.4) is 0 Å². The van der Waals surface area contributed by atoms with E-state index in [-0.39, 0.29) is 11.6 Å². The van der Waals surface area contributed by atoms with Crippen LogP contribution in [0.5, 0.6) is 0 Å². The van der Waals surface area contributed by atoms with Crippen molar-refractivity contribution in [3.8, 4) is 0 Å². The van der Waals surface area contributed by atoms with Crippen molar-refractivity contribution in [1.29, 1.82) is 0 Å². The maximum Gasteiger partial charge on any atom is 0.0832 e. The third-order valence-corrected chi connectivity index (χ3v) is 4.15. The van der Waals surface area contributed by atoms with Crippen LogP contribution in [0.15, 0.2) is 12.7 Å². The van der Waals surface area contributed by atoms with Crippen LogP contribution < -0.4 is 5.73 Å². The Hall–Kier alpha value is -0.340. The molecule has 0 aliphatic heterocycles. The van der Waals surface area contributed by atoms with E-state index in [0.717, 1.165) is 44.6 Å². The maximum atomic E-state index is 6.40. The average molecular weight is 239 g/mol. The smallest absolute Gasteiger partial charge is 0.0832 e. The SMILES string of the molecule is C=CCCCC(N)C1(OCC)CCC(C)CC1. The summed E-state index contributed by atoms with van der Waals surface area (Å²) in [5.74, 6) is 0.837. The van der Waals surface area contributed by atoms with Crippen molar-refractivity contribution in [3.05, 3.63) is 12.7 Å². The fourth-order valence-electron chi connectivity index (χ4n) is 2.91. The Kier molecular flexibility index (Phi) is 6.21. The minimum atomic E-state index is -0.0393. The van der Waals surface area contributed by atoms with Crippen LogP contribution in [-0.2, 0) is 4.74 Å². The molecule has 0 aromatic heterocycles. The third kappa shape index (κ3) is 4.11. The van der Waals surface area contributed by atoms with Crippen molar-refractivity contribution in [2.24, 2.45) is 11.7 Å². The Morgan fingerprint density at radius 3 is 2.65 bits per heavy atom. The van der Waals surface area contributed by atoms with Gasteiger partial charge in [0.2, 0.25) is 0 Å². The number of hydrogen-bond donors (Lipinski definition) is 1. The second kappa shape index (κ2) is 7.17. The van der Waals surface area contributed by atoms with Gasteiger partial charge in [-0.1, -0.05) is 13.0 Å². The van der Waals surface area contributed by atoms with Gasteiger partial charge in [0.1, 0.15) is 0 Å². The van der Waals surface area contributed by atoms with Crippen LogP contribution in [-0.4, -0.2) is 18.2 Å². The van der Waals surface area contributed by atoms with Gasteiger partial charge in [0.25, 0.3) is 0 Å². The van der Waals surface area contributed by atoms with Crippen molar-refractivity contribution in [3.63, 3.8) is 0 Å². The summed E-state index contributed by atoms with van der Waals surface area (Å²) >= 11 is 0. The first kappa shape index (κ1) is 14.7. The van der Waals surface area contributed by atoms with E-state index in [0.29, 0.717) is 0 Å². The first-order valence-electron chi connectivity index (χ1n) is 7.15. The molecule has 0 radical (unpaired) electrons. The summed E-state index contributed by atoms with van der Waals surface area (Å²) in [5.41, 5.74) is 6.36. The fraction of sp³-hybridized carbons (Fsp3) is 0.867. The molecule has 1 aliphatic carbocycles. The Labute approximate surface area is 107 Å². The zero-order valence-corrected chi connectivity index (χ0v) is 11.6. The lowest BCUT2D eigenvalue weighted by atomic mass is 9.74. The van der Waals surface area contributed by atoms with E-state index in [9.17, 15) is 0 Å². The molecule has 0 spiro atoms. The van der Waals surface area contributed by atoms with Gasteiger partial charge in [0, 0.05) is 12.6 Å². The number of rotatable bonds is 7. The van der Waals surface area contributed by atoms with Crippen LogP contribution in [0.1, 0.15) is 58.8 Å². The molecule has 1 atom stereocenters. The highest BCUT2D eigenvalue weighted by atomic mass is 16.5. The zero-order chi connectivity index (χ0) is 12.7. The monoisotopic (exact) mass is 239 g/mol. The molecule has 0 amide bonds. The maximum absolute atomic E-state index is 6.40. The molecule has 1 aliphatic rings. The second-order valence-corrected chi connectivity index (χ2v) is 5.51. The van der Waals surface area contributed by atoms with E-state index in [1.165, 1.54) is 12.8 Å². The first-order chi connectivity index (χ1) is 8.14. The molecule has 0 aromatic carbocycles. The summed E-state index contributed by atoms with van der Waals surface area (Å²) in [7, 11) is 0. The van der Waals surface area contributed by atoms with Gasteiger partial charge in [-0.15, -0.1) is 6.58 Å². The van der Waals surface area contributed by atoms with Crippen LogP contribution in [0.2, 0.25) is 0 Å². The van der Waals surface area contributed by atoms with E-state index in [2.05, 4.69) is 20.4 Å². The van der Waals surface area contributed by atoms with Crippen molar-refractivity contribution < 1.29 is 4.74 Å². The molecule has 1 rings (SSSR count). The van der Waals surface area contributed by atoms with Gasteiger partial charge in [-0.25, -0.2) is 0 Å². The predicted molar refractivity (Wildman–Crippen MR) is 74.0 cm³/mol. The van der Waals surface area contributed by atoms with Gasteiger partial charge in [0.05, 0.1) is 5.60 Å². The van der Waals surface area contributed by atoms with Crippen LogP contribution in [0, 0.1) is 5.92 Å². The molecule has 2 nitrogen and oxygen atoms in total. The Balaban J connectivity index is 2.53. The van der Waals surface area contributed by atoms with Gasteiger partial charge >= 0.3 is 0 Å². The normalized spacial score (nSPS) is 31.1. The highest BCUT2D eigenvalue weighted by molar-refractivity contribution is 4.95. The molecular formula is C15H29NO. The van der Waals surface area contributed by atoms with Gasteiger partial charge in [-0.05, 0) is 57.8 Å². The summed E-state index contributed by atoms with van der Waals surface area (Å²) in [6.45, 7) is 8.95.